The third kappa shape index (κ3) is 1.87. The molecule has 0 amide bonds. The summed E-state index contributed by atoms with van der Waals surface area (Å²) in [6.07, 6.45) is 6.99. The third-order valence-electron chi connectivity index (χ3n) is 3.51. The Balaban J connectivity index is 2.31. The van der Waals surface area contributed by atoms with Crippen LogP contribution in [0.4, 0.5) is 0 Å². The van der Waals surface area contributed by atoms with Crippen LogP contribution in [0, 0.1) is 6.92 Å². The van der Waals surface area contributed by atoms with Crippen molar-refractivity contribution in [2.75, 3.05) is 0 Å². The summed E-state index contributed by atoms with van der Waals surface area (Å²) in [4.78, 5) is 12.1. The van der Waals surface area contributed by atoms with Crippen LogP contribution in [-0.4, -0.2) is 9.78 Å². The Kier molecular flexibility index (Phi) is 2.98. The quantitative estimate of drug-likeness (QED) is 0.797. The van der Waals surface area contributed by atoms with Gasteiger partial charge in [0, 0.05) is 11.3 Å². The van der Waals surface area contributed by atoms with Crippen LogP contribution < -0.4 is 5.56 Å². The van der Waals surface area contributed by atoms with Crippen molar-refractivity contribution in [3.8, 4) is 0 Å². The van der Waals surface area contributed by atoms with Crippen LogP contribution in [0.1, 0.15) is 56.3 Å². The van der Waals surface area contributed by atoms with Gasteiger partial charge in [0.1, 0.15) is 0 Å². The molecule has 1 heterocycles. The van der Waals surface area contributed by atoms with Gasteiger partial charge in [-0.3, -0.25) is 9.89 Å². The second kappa shape index (κ2) is 4.25. The molecule has 3 heteroatoms. The Morgan fingerprint density at radius 3 is 2.53 bits per heavy atom. The molecule has 1 aliphatic rings. The van der Waals surface area contributed by atoms with Crippen molar-refractivity contribution in [3.05, 3.63) is 21.6 Å². The van der Waals surface area contributed by atoms with Crippen molar-refractivity contribution in [2.24, 2.45) is 0 Å². The summed E-state index contributed by atoms with van der Waals surface area (Å²) in [7, 11) is 0. The van der Waals surface area contributed by atoms with Gasteiger partial charge in [-0.25, -0.2) is 4.68 Å². The van der Waals surface area contributed by atoms with E-state index in [1.165, 1.54) is 19.3 Å². The first-order chi connectivity index (χ1) is 7.24. The Bertz CT molecular complexity index is 383. The van der Waals surface area contributed by atoms with E-state index in [-0.39, 0.29) is 5.56 Å². The molecule has 0 unspecified atom stereocenters. The molecule has 1 N–H and O–H groups in total. The zero-order valence-electron chi connectivity index (χ0n) is 9.68. The molecule has 15 heavy (non-hydrogen) atoms. The van der Waals surface area contributed by atoms with Crippen molar-refractivity contribution in [3.63, 3.8) is 0 Å². The summed E-state index contributed by atoms with van der Waals surface area (Å²) in [6, 6.07) is 0.422. The van der Waals surface area contributed by atoms with Gasteiger partial charge in [0.2, 0.25) is 0 Å². The van der Waals surface area contributed by atoms with Crippen molar-refractivity contribution >= 4 is 0 Å². The fraction of sp³-hybridized carbons (Fsp3) is 0.750. The fourth-order valence-corrected chi connectivity index (χ4v) is 2.62. The second-order valence-electron chi connectivity index (χ2n) is 4.54. The van der Waals surface area contributed by atoms with Crippen LogP contribution in [0.5, 0.6) is 0 Å². The van der Waals surface area contributed by atoms with E-state index >= 15 is 0 Å². The van der Waals surface area contributed by atoms with E-state index in [2.05, 4.69) is 5.10 Å². The predicted octanol–water partition coefficient (Wildman–Crippen LogP) is 2.55. The summed E-state index contributed by atoms with van der Waals surface area (Å²) in [6.45, 7) is 4.04. The van der Waals surface area contributed by atoms with E-state index in [4.69, 9.17) is 0 Å². The maximum absolute atomic E-state index is 12.1. The highest BCUT2D eigenvalue weighted by Gasteiger charge is 2.19. The maximum atomic E-state index is 12.1. The van der Waals surface area contributed by atoms with Crippen molar-refractivity contribution in [1.29, 1.82) is 0 Å². The molecule has 0 aromatic carbocycles. The lowest BCUT2D eigenvalue weighted by Gasteiger charge is -2.21. The molecule has 1 fully saturated rings. The number of aromatic nitrogens is 2. The van der Waals surface area contributed by atoms with E-state index < -0.39 is 0 Å². The summed E-state index contributed by atoms with van der Waals surface area (Å²) in [5, 5.41) is 3.24. The SMILES string of the molecule is CCc1c(C)[nH]n(C2CCCCC2)c1=O. The largest absolute Gasteiger partial charge is 0.299 e. The highest BCUT2D eigenvalue weighted by Crippen LogP contribution is 2.26. The van der Waals surface area contributed by atoms with Gasteiger partial charge in [-0.05, 0) is 26.2 Å². The van der Waals surface area contributed by atoms with Crippen LogP contribution in [-0.2, 0) is 6.42 Å². The monoisotopic (exact) mass is 208 g/mol. The molecule has 84 valence electrons. The molecule has 0 saturated heterocycles. The van der Waals surface area contributed by atoms with Gasteiger partial charge >= 0.3 is 0 Å². The van der Waals surface area contributed by atoms with Crippen molar-refractivity contribution < 1.29 is 0 Å². The first-order valence-corrected chi connectivity index (χ1v) is 6.04. The van der Waals surface area contributed by atoms with Gasteiger partial charge in [0.15, 0.2) is 0 Å². The van der Waals surface area contributed by atoms with Gasteiger partial charge in [-0.1, -0.05) is 26.2 Å². The lowest BCUT2D eigenvalue weighted by molar-refractivity contribution is 0.322. The number of hydrogen-bond donors (Lipinski definition) is 1. The van der Waals surface area contributed by atoms with E-state index in [0.717, 1.165) is 30.5 Å². The maximum Gasteiger partial charge on any atom is 0.270 e. The minimum atomic E-state index is 0.210. The van der Waals surface area contributed by atoms with E-state index in [1.54, 1.807) is 0 Å². The Morgan fingerprint density at radius 1 is 1.33 bits per heavy atom. The second-order valence-corrected chi connectivity index (χ2v) is 4.54. The zero-order chi connectivity index (χ0) is 10.8. The Morgan fingerprint density at radius 2 is 2.00 bits per heavy atom. The number of hydrogen-bond acceptors (Lipinski definition) is 1. The average molecular weight is 208 g/mol. The lowest BCUT2D eigenvalue weighted by Crippen LogP contribution is -2.25. The molecule has 1 aromatic heterocycles. The molecule has 1 aromatic rings. The first kappa shape index (κ1) is 10.5. The fourth-order valence-electron chi connectivity index (χ4n) is 2.62. The summed E-state index contributed by atoms with van der Waals surface area (Å²) < 4.78 is 1.87. The molecule has 1 aliphatic carbocycles. The lowest BCUT2D eigenvalue weighted by atomic mass is 9.96. The van der Waals surface area contributed by atoms with Crippen LogP contribution in [0.3, 0.4) is 0 Å². The number of H-pyrrole nitrogens is 1. The predicted molar refractivity (Wildman–Crippen MR) is 61.3 cm³/mol. The van der Waals surface area contributed by atoms with Gasteiger partial charge in [-0.15, -0.1) is 0 Å². The molecule has 0 spiro atoms. The number of aromatic amines is 1. The Hall–Kier alpha value is -0.990. The standard InChI is InChI=1S/C12H20N2O/c1-3-11-9(2)13-14(12(11)15)10-7-5-4-6-8-10/h10,13H,3-8H2,1-2H3. The Labute approximate surface area is 90.5 Å². The van der Waals surface area contributed by atoms with E-state index in [9.17, 15) is 4.79 Å². The molecule has 0 radical (unpaired) electrons. The molecule has 3 nitrogen and oxygen atoms in total. The van der Waals surface area contributed by atoms with Gasteiger partial charge in [-0.2, -0.15) is 0 Å². The first-order valence-electron chi connectivity index (χ1n) is 6.04. The van der Waals surface area contributed by atoms with Crippen LogP contribution >= 0.6 is 0 Å². The minimum Gasteiger partial charge on any atom is -0.299 e. The van der Waals surface area contributed by atoms with Gasteiger partial charge in [0.05, 0.1) is 6.04 Å². The van der Waals surface area contributed by atoms with Gasteiger partial charge in [0.25, 0.3) is 5.56 Å². The molecule has 0 aliphatic heterocycles. The summed E-state index contributed by atoms with van der Waals surface area (Å²) >= 11 is 0. The molecule has 0 atom stereocenters. The van der Waals surface area contributed by atoms with E-state index in [1.807, 2.05) is 18.5 Å². The van der Waals surface area contributed by atoms with Crippen molar-refractivity contribution in [2.45, 2.75) is 58.4 Å². The molecular weight excluding hydrogens is 188 g/mol. The molecule has 2 rings (SSSR count). The smallest absolute Gasteiger partial charge is 0.270 e. The highest BCUT2D eigenvalue weighted by molar-refractivity contribution is 5.15. The van der Waals surface area contributed by atoms with Crippen LogP contribution in [0.2, 0.25) is 0 Å². The normalized spacial score (nSPS) is 18.3. The van der Waals surface area contributed by atoms with Crippen LogP contribution in [0.15, 0.2) is 4.79 Å². The molecule has 0 bridgehead atoms. The number of nitrogens with one attached hydrogen (secondary N) is 1. The number of rotatable bonds is 2. The summed E-state index contributed by atoms with van der Waals surface area (Å²) in [5.41, 5.74) is 2.22. The minimum absolute atomic E-state index is 0.210. The molecule has 1 saturated carbocycles. The van der Waals surface area contributed by atoms with E-state index in [0.29, 0.717) is 6.04 Å². The van der Waals surface area contributed by atoms with Crippen molar-refractivity contribution in [1.82, 2.24) is 9.78 Å². The number of aryl methyl sites for hydroxylation is 1. The van der Waals surface area contributed by atoms with Crippen LogP contribution in [0.25, 0.3) is 0 Å². The topological polar surface area (TPSA) is 37.8 Å². The highest BCUT2D eigenvalue weighted by atomic mass is 16.1. The average Bonchev–Trinajstić information content (AvgIpc) is 2.55. The summed E-state index contributed by atoms with van der Waals surface area (Å²) in [5.74, 6) is 0. The third-order valence-corrected chi connectivity index (χ3v) is 3.51. The molecular formula is C12H20N2O. The number of nitrogens with zero attached hydrogens (tertiary/aromatic N) is 1. The zero-order valence-corrected chi connectivity index (χ0v) is 9.68. The van der Waals surface area contributed by atoms with Gasteiger partial charge < -0.3 is 0 Å².